The van der Waals surface area contributed by atoms with Gasteiger partial charge in [0.05, 0.1) is 18.7 Å². The molecule has 6 heteroatoms. The molecule has 1 unspecified atom stereocenters. The Morgan fingerprint density at radius 3 is 2.34 bits per heavy atom. The van der Waals surface area contributed by atoms with E-state index in [1.165, 1.54) is 12.0 Å². The molecule has 162 valence electrons. The summed E-state index contributed by atoms with van der Waals surface area (Å²) >= 11 is 3.38. The van der Waals surface area contributed by atoms with Gasteiger partial charge < -0.3 is 9.84 Å². The number of para-hydroxylation sites is 1. The highest BCUT2D eigenvalue weighted by Gasteiger charge is 2.48. The van der Waals surface area contributed by atoms with Gasteiger partial charge >= 0.3 is 0 Å². The van der Waals surface area contributed by atoms with E-state index in [-0.39, 0.29) is 11.3 Å². The smallest absolute Gasteiger partial charge is 0.300 e. The van der Waals surface area contributed by atoms with E-state index in [1.807, 2.05) is 44.2 Å². The lowest BCUT2D eigenvalue weighted by Crippen LogP contribution is -2.30. The molecular formula is C26H22BrNO4. The van der Waals surface area contributed by atoms with Crippen molar-refractivity contribution in [2.24, 2.45) is 0 Å². The Morgan fingerprint density at radius 1 is 1.00 bits per heavy atom. The monoisotopic (exact) mass is 491 g/mol. The number of ketones is 1. The van der Waals surface area contributed by atoms with Gasteiger partial charge in [0.15, 0.2) is 0 Å². The number of carbonyl (C=O) groups is 2. The van der Waals surface area contributed by atoms with Gasteiger partial charge in [0, 0.05) is 21.3 Å². The molecule has 4 rings (SSSR count). The molecular weight excluding hydrogens is 470 g/mol. The third kappa shape index (κ3) is 3.71. The second kappa shape index (κ2) is 8.63. The largest absolute Gasteiger partial charge is 0.507 e. The third-order valence-electron chi connectivity index (χ3n) is 5.61. The summed E-state index contributed by atoms with van der Waals surface area (Å²) in [5, 5.41) is 11.2. The minimum Gasteiger partial charge on any atom is -0.507 e. The first-order valence-electron chi connectivity index (χ1n) is 10.1. The summed E-state index contributed by atoms with van der Waals surface area (Å²) in [6.45, 7) is 3.87. The molecule has 3 aromatic rings. The fraction of sp³-hybridized carbons (Fsp3) is 0.154. The zero-order chi connectivity index (χ0) is 23.0. The second-order valence-electron chi connectivity index (χ2n) is 7.71. The molecule has 3 aromatic carbocycles. The minimum absolute atomic E-state index is 0.0294. The SMILES string of the molecule is COc1ccccc1C1/C(=C(\O)c2ccc(Br)cc2)C(=O)C(=O)N1c1ccc(C)cc1C. The predicted molar refractivity (Wildman–Crippen MR) is 128 cm³/mol. The molecule has 0 aliphatic carbocycles. The number of rotatable bonds is 4. The summed E-state index contributed by atoms with van der Waals surface area (Å²) in [7, 11) is 1.54. The molecule has 1 aliphatic rings. The van der Waals surface area contributed by atoms with Gasteiger partial charge in [-0.1, -0.05) is 64.0 Å². The molecule has 5 nitrogen and oxygen atoms in total. The van der Waals surface area contributed by atoms with E-state index >= 15 is 0 Å². The summed E-state index contributed by atoms with van der Waals surface area (Å²) in [5.41, 5.74) is 3.62. The van der Waals surface area contributed by atoms with Crippen molar-refractivity contribution in [3.05, 3.63) is 99.0 Å². The van der Waals surface area contributed by atoms with Crippen molar-refractivity contribution in [3.63, 3.8) is 0 Å². The van der Waals surface area contributed by atoms with Crippen molar-refractivity contribution < 1.29 is 19.4 Å². The minimum atomic E-state index is -0.837. The molecule has 0 aromatic heterocycles. The first-order chi connectivity index (χ1) is 15.3. The molecule has 0 radical (unpaired) electrons. The number of methoxy groups -OCH3 is 1. The highest BCUT2D eigenvalue weighted by atomic mass is 79.9. The van der Waals surface area contributed by atoms with Crippen molar-refractivity contribution in [2.75, 3.05) is 12.0 Å². The van der Waals surface area contributed by atoms with Crippen molar-refractivity contribution in [2.45, 2.75) is 19.9 Å². The number of nitrogens with zero attached hydrogens (tertiary/aromatic N) is 1. The number of hydrogen-bond donors (Lipinski definition) is 1. The highest BCUT2D eigenvalue weighted by Crippen LogP contribution is 2.45. The summed E-state index contributed by atoms with van der Waals surface area (Å²) in [6, 6.07) is 19.0. The Morgan fingerprint density at radius 2 is 1.69 bits per heavy atom. The van der Waals surface area contributed by atoms with Crippen LogP contribution in [0.5, 0.6) is 5.75 Å². The Bertz CT molecular complexity index is 1250. The molecule has 0 spiro atoms. The predicted octanol–water partition coefficient (Wildman–Crippen LogP) is 5.70. The molecule has 0 bridgehead atoms. The molecule has 1 heterocycles. The first-order valence-corrected chi connectivity index (χ1v) is 10.9. The van der Waals surface area contributed by atoms with Crippen molar-refractivity contribution >= 4 is 39.1 Å². The van der Waals surface area contributed by atoms with Crippen LogP contribution >= 0.6 is 15.9 Å². The highest BCUT2D eigenvalue weighted by molar-refractivity contribution is 9.10. The zero-order valence-electron chi connectivity index (χ0n) is 17.9. The third-order valence-corrected chi connectivity index (χ3v) is 6.14. The summed E-state index contributed by atoms with van der Waals surface area (Å²) in [6.07, 6.45) is 0. The van der Waals surface area contributed by atoms with Crippen LogP contribution in [-0.2, 0) is 9.59 Å². The van der Waals surface area contributed by atoms with Crippen LogP contribution in [0.25, 0.3) is 5.76 Å². The fourth-order valence-electron chi connectivity index (χ4n) is 4.11. The van der Waals surface area contributed by atoms with Gasteiger partial charge in [-0.2, -0.15) is 0 Å². The van der Waals surface area contributed by atoms with Gasteiger partial charge in [0.25, 0.3) is 11.7 Å². The number of carbonyl (C=O) groups excluding carboxylic acids is 2. The number of ether oxygens (including phenoxy) is 1. The molecule has 1 fully saturated rings. The van der Waals surface area contributed by atoms with E-state index < -0.39 is 17.7 Å². The van der Waals surface area contributed by atoms with Gasteiger partial charge in [-0.05, 0) is 43.7 Å². The van der Waals surface area contributed by atoms with Crippen LogP contribution < -0.4 is 9.64 Å². The van der Waals surface area contributed by atoms with E-state index in [1.54, 1.807) is 36.4 Å². The normalized spacial score (nSPS) is 17.6. The second-order valence-corrected chi connectivity index (χ2v) is 8.62. The topological polar surface area (TPSA) is 66.8 Å². The van der Waals surface area contributed by atoms with Crippen LogP contribution in [0.2, 0.25) is 0 Å². The molecule has 0 saturated carbocycles. The van der Waals surface area contributed by atoms with E-state index in [4.69, 9.17) is 4.74 Å². The number of amides is 1. The summed E-state index contributed by atoms with van der Waals surface area (Å²) in [5.74, 6) is -1.12. The number of Topliss-reactive ketones (excluding diaryl/α,β-unsaturated/α-hetero) is 1. The van der Waals surface area contributed by atoms with E-state index in [9.17, 15) is 14.7 Å². The van der Waals surface area contributed by atoms with Crippen LogP contribution in [0.3, 0.4) is 0 Å². The van der Waals surface area contributed by atoms with E-state index in [0.717, 1.165) is 15.6 Å². The molecule has 1 saturated heterocycles. The lowest BCUT2D eigenvalue weighted by atomic mass is 9.94. The van der Waals surface area contributed by atoms with Crippen molar-refractivity contribution in [3.8, 4) is 5.75 Å². The number of aryl methyl sites for hydroxylation is 2. The van der Waals surface area contributed by atoms with Crippen molar-refractivity contribution in [1.29, 1.82) is 0 Å². The Hall–Kier alpha value is -3.38. The number of aliphatic hydroxyl groups is 1. The summed E-state index contributed by atoms with van der Waals surface area (Å²) in [4.78, 5) is 28.0. The molecule has 1 aliphatic heterocycles. The standard InChI is InChI=1S/C26H22BrNO4/c1-15-8-13-20(16(2)14-15)28-23(19-6-4-5-7-21(19)32-3)22(25(30)26(28)31)24(29)17-9-11-18(27)12-10-17/h4-14,23,29H,1-3H3/b24-22+. The van der Waals surface area contributed by atoms with Crippen molar-refractivity contribution in [1.82, 2.24) is 0 Å². The Kier molecular flexibility index (Phi) is 5.89. The van der Waals surface area contributed by atoms with Crippen LogP contribution in [0.15, 0.2) is 76.8 Å². The maximum Gasteiger partial charge on any atom is 0.300 e. The van der Waals surface area contributed by atoms with Gasteiger partial charge in [-0.3, -0.25) is 14.5 Å². The lowest BCUT2D eigenvalue weighted by Gasteiger charge is -2.28. The fourth-order valence-corrected chi connectivity index (χ4v) is 4.37. The molecule has 1 amide bonds. The Balaban J connectivity index is 2.00. The Labute approximate surface area is 195 Å². The molecule has 1 N–H and O–H groups in total. The molecule has 32 heavy (non-hydrogen) atoms. The summed E-state index contributed by atoms with van der Waals surface area (Å²) < 4.78 is 6.39. The van der Waals surface area contributed by atoms with Gasteiger partial charge in [0.2, 0.25) is 0 Å². The van der Waals surface area contributed by atoms with Crippen LogP contribution in [0.4, 0.5) is 5.69 Å². The van der Waals surface area contributed by atoms with Gasteiger partial charge in [-0.25, -0.2) is 0 Å². The number of anilines is 1. The quantitative estimate of drug-likeness (QED) is 0.288. The first kappa shape index (κ1) is 21.8. The number of benzene rings is 3. The molecule has 1 atom stereocenters. The maximum absolute atomic E-state index is 13.3. The average Bonchev–Trinajstić information content (AvgIpc) is 3.04. The average molecular weight is 492 g/mol. The lowest BCUT2D eigenvalue weighted by molar-refractivity contribution is -0.132. The van der Waals surface area contributed by atoms with Gasteiger partial charge in [-0.15, -0.1) is 0 Å². The maximum atomic E-state index is 13.3. The van der Waals surface area contributed by atoms with E-state index in [2.05, 4.69) is 15.9 Å². The van der Waals surface area contributed by atoms with Crippen LogP contribution in [0.1, 0.15) is 28.3 Å². The number of hydrogen-bond acceptors (Lipinski definition) is 4. The van der Waals surface area contributed by atoms with E-state index in [0.29, 0.717) is 22.6 Å². The van der Waals surface area contributed by atoms with Crippen LogP contribution in [0, 0.1) is 13.8 Å². The zero-order valence-corrected chi connectivity index (χ0v) is 19.5. The van der Waals surface area contributed by atoms with Crippen LogP contribution in [-0.4, -0.2) is 23.9 Å². The van der Waals surface area contributed by atoms with Gasteiger partial charge in [0.1, 0.15) is 11.5 Å². The number of halogens is 1. The number of aliphatic hydroxyl groups excluding tert-OH is 1.